The Morgan fingerprint density at radius 2 is 1.15 bits per heavy atom. The number of amides is 3. The van der Waals surface area contributed by atoms with Gasteiger partial charge in [0.1, 0.15) is 0 Å². The topological polar surface area (TPSA) is 195 Å². The molecule has 12 heteroatoms. The van der Waals surface area contributed by atoms with Gasteiger partial charge in [-0.1, -0.05) is 0 Å². The van der Waals surface area contributed by atoms with E-state index in [1.54, 1.807) is 13.8 Å². The van der Waals surface area contributed by atoms with E-state index in [-0.39, 0.29) is 22.4 Å². The molecule has 190 valence electrons. The van der Waals surface area contributed by atoms with Gasteiger partial charge in [0.25, 0.3) is 17.7 Å². The van der Waals surface area contributed by atoms with Gasteiger partial charge in [-0.05, 0) is 44.4 Å². The molecule has 12 nitrogen and oxygen atoms in total. The minimum Gasteiger partial charge on any atom is -0.453 e. The highest BCUT2D eigenvalue weighted by Crippen LogP contribution is 2.32. The number of aliphatic hydroxyl groups is 4. The van der Waals surface area contributed by atoms with E-state index in [1.165, 1.54) is 13.8 Å². The number of carbonyl (C=O) groups is 4. The number of rotatable bonds is 11. The van der Waals surface area contributed by atoms with E-state index in [4.69, 9.17) is 4.74 Å². The minimum atomic E-state index is -1.16. The van der Waals surface area contributed by atoms with Crippen LogP contribution in [0.4, 0.5) is 5.69 Å². The molecule has 0 aliphatic heterocycles. The van der Waals surface area contributed by atoms with Gasteiger partial charge in [-0.2, -0.15) is 0 Å². The molecule has 0 fully saturated rings. The molecule has 0 aliphatic carbocycles. The quantitative estimate of drug-likeness (QED) is 0.187. The molecule has 1 aromatic rings. The average molecular weight is 484 g/mol. The largest absolute Gasteiger partial charge is 0.453 e. The number of hydrogen-bond donors (Lipinski definition) is 7. The second kappa shape index (κ2) is 13.0. The van der Waals surface area contributed by atoms with Crippen LogP contribution in [0.3, 0.4) is 0 Å². The molecule has 0 saturated heterocycles. The molecule has 0 aliphatic rings. The lowest BCUT2D eigenvalue weighted by atomic mass is 9.89. The third-order valence-corrected chi connectivity index (χ3v) is 5.22. The van der Waals surface area contributed by atoms with Gasteiger partial charge in [0, 0.05) is 23.7 Å². The lowest BCUT2D eigenvalue weighted by Crippen LogP contribution is -2.42. The third kappa shape index (κ3) is 6.97. The molecule has 0 radical (unpaired) electrons. The maximum absolute atomic E-state index is 13.0. The molecule has 1 atom stereocenters. The number of anilines is 1. The van der Waals surface area contributed by atoms with Gasteiger partial charge in [-0.25, -0.2) is 0 Å². The van der Waals surface area contributed by atoms with Crippen molar-refractivity contribution >= 4 is 29.4 Å². The zero-order chi connectivity index (χ0) is 26.2. The fourth-order valence-electron chi connectivity index (χ4n) is 3.43. The Morgan fingerprint density at radius 3 is 1.47 bits per heavy atom. The van der Waals surface area contributed by atoms with Crippen LogP contribution in [0.1, 0.15) is 51.3 Å². The lowest BCUT2D eigenvalue weighted by molar-refractivity contribution is -0.150. The van der Waals surface area contributed by atoms with Crippen molar-refractivity contribution in [2.24, 2.45) is 0 Å². The van der Waals surface area contributed by atoms with Gasteiger partial charge in [-0.3, -0.25) is 19.2 Å². The lowest BCUT2D eigenvalue weighted by Gasteiger charge is -2.24. The van der Waals surface area contributed by atoms with Crippen LogP contribution in [0, 0.1) is 20.8 Å². The maximum Gasteiger partial charge on any atom is 0.303 e. The summed E-state index contributed by atoms with van der Waals surface area (Å²) in [7, 11) is 0. The first kappa shape index (κ1) is 29.0. The number of ether oxygens (including phenoxy) is 1. The number of aliphatic hydroxyl groups excluding tert-OH is 4. The van der Waals surface area contributed by atoms with Crippen molar-refractivity contribution in [2.45, 2.75) is 52.8 Å². The molecule has 0 bridgehead atoms. The Morgan fingerprint density at radius 1 is 0.765 bits per heavy atom. The predicted molar refractivity (Wildman–Crippen MR) is 121 cm³/mol. The Labute approximate surface area is 197 Å². The normalized spacial score (nSPS) is 11.9. The van der Waals surface area contributed by atoms with Crippen molar-refractivity contribution < 1.29 is 44.3 Å². The monoisotopic (exact) mass is 483 g/mol. The molecule has 0 aromatic heterocycles. The zero-order valence-corrected chi connectivity index (χ0v) is 19.9. The van der Waals surface area contributed by atoms with Crippen molar-refractivity contribution in [1.82, 2.24) is 10.6 Å². The molecule has 3 amide bonds. The molecule has 7 N–H and O–H groups in total. The van der Waals surface area contributed by atoms with E-state index < -0.39 is 68.3 Å². The SMILES string of the molecule is CC(=O)OC(C)C(=O)Nc1c(C)c(C(=O)NC(CO)CO)c(C)c(C(=O)NC(CO)CO)c1C. The molecular formula is C22H33N3O9. The van der Waals surface area contributed by atoms with E-state index in [1.807, 2.05) is 0 Å². The van der Waals surface area contributed by atoms with Crippen molar-refractivity contribution in [1.29, 1.82) is 0 Å². The van der Waals surface area contributed by atoms with E-state index >= 15 is 0 Å². The van der Waals surface area contributed by atoms with Crippen molar-refractivity contribution in [3.05, 3.63) is 27.8 Å². The maximum atomic E-state index is 13.0. The van der Waals surface area contributed by atoms with Crippen molar-refractivity contribution in [3.8, 4) is 0 Å². The molecule has 1 aromatic carbocycles. The van der Waals surface area contributed by atoms with Crippen molar-refractivity contribution in [3.63, 3.8) is 0 Å². The summed E-state index contributed by atoms with van der Waals surface area (Å²) in [6.45, 7) is 4.98. The second-order valence-electron chi connectivity index (χ2n) is 7.81. The van der Waals surface area contributed by atoms with Gasteiger partial charge in [0.15, 0.2) is 6.10 Å². The predicted octanol–water partition coefficient (Wildman–Crippen LogP) is -1.33. The summed E-state index contributed by atoms with van der Waals surface area (Å²) in [6, 6.07) is -1.92. The number of nitrogens with one attached hydrogen (secondary N) is 3. The fraction of sp³-hybridized carbons (Fsp3) is 0.545. The van der Waals surface area contributed by atoms with Crippen LogP contribution >= 0.6 is 0 Å². The van der Waals surface area contributed by atoms with Crippen LogP contribution in [-0.4, -0.2) is 88.7 Å². The van der Waals surface area contributed by atoms with E-state index in [9.17, 15) is 39.6 Å². The molecule has 34 heavy (non-hydrogen) atoms. The first-order valence-corrected chi connectivity index (χ1v) is 10.6. The summed E-state index contributed by atoms with van der Waals surface area (Å²) in [6.07, 6.45) is -1.16. The summed E-state index contributed by atoms with van der Waals surface area (Å²) in [4.78, 5) is 49.9. The summed E-state index contributed by atoms with van der Waals surface area (Å²) in [5.41, 5.74) is 0.982. The van der Waals surface area contributed by atoms with E-state index in [2.05, 4.69) is 16.0 Å². The molecule has 0 spiro atoms. The number of esters is 1. The van der Waals surface area contributed by atoms with Crippen LogP contribution in [0.2, 0.25) is 0 Å². The Hall–Kier alpha value is -3.06. The Balaban J connectivity index is 3.65. The third-order valence-electron chi connectivity index (χ3n) is 5.22. The van der Waals surface area contributed by atoms with Crippen molar-refractivity contribution in [2.75, 3.05) is 31.7 Å². The summed E-state index contributed by atoms with van der Waals surface area (Å²) >= 11 is 0. The smallest absolute Gasteiger partial charge is 0.303 e. The van der Waals surface area contributed by atoms with Crippen LogP contribution in [0.15, 0.2) is 0 Å². The number of hydrogen-bond acceptors (Lipinski definition) is 9. The standard InChI is InChI=1S/C22H33N3O9/c1-10-17(21(32)23-15(6-26)7-27)11(2)19(25-20(31)13(4)34-14(5)30)12(3)18(10)22(33)24-16(8-28)9-29/h13,15-16,26-29H,6-9H2,1-5H3,(H,23,32)(H,24,33)(H,25,31). The molecule has 0 saturated carbocycles. The Kier molecular flexibility index (Phi) is 11.1. The zero-order valence-electron chi connectivity index (χ0n) is 19.9. The Bertz CT molecular complexity index is 872. The van der Waals surface area contributed by atoms with Gasteiger partial charge >= 0.3 is 5.97 Å². The number of benzene rings is 1. The van der Waals surface area contributed by atoms with E-state index in [0.29, 0.717) is 11.1 Å². The number of carbonyl (C=O) groups excluding carboxylic acids is 4. The minimum absolute atomic E-state index is 0.0163. The first-order chi connectivity index (χ1) is 15.9. The summed E-state index contributed by atoms with van der Waals surface area (Å²) < 4.78 is 4.89. The van der Waals surface area contributed by atoms with Gasteiger partial charge in [0.2, 0.25) is 0 Å². The highest BCUT2D eigenvalue weighted by Gasteiger charge is 2.28. The molecule has 1 unspecified atom stereocenters. The highest BCUT2D eigenvalue weighted by atomic mass is 16.5. The molecule has 1 rings (SSSR count). The van der Waals surface area contributed by atoms with E-state index in [0.717, 1.165) is 6.92 Å². The van der Waals surface area contributed by atoms with Crippen LogP contribution in [-0.2, 0) is 14.3 Å². The second-order valence-corrected chi connectivity index (χ2v) is 7.81. The molecule has 0 heterocycles. The van der Waals surface area contributed by atoms with Crippen LogP contribution in [0.25, 0.3) is 0 Å². The summed E-state index contributed by atoms with van der Waals surface area (Å²) in [5, 5.41) is 44.8. The fourth-order valence-corrected chi connectivity index (χ4v) is 3.43. The average Bonchev–Trinajstić information content (AvgIpc) is 2.77. The summed E-state index contributed by atoms with van der Waals surface area (Å²) in [5.74, 6) is -2.78. The van der Waals surface area contributed by atoms with Gasteiger partial charge in [-0.15, -0.1) is 0 Å². The van der Waals surface area contributed by atoms with Crippen LogP contribution < -0.4 is 16.0 Å². The first-order valence-electron chi connectivity index (χ1n) is 10.6. The van der Waals surface area contributed by atoms with Crippen LogP contribution in [0.5, 0.6) is 0 Å². The van der Waals surface area contributed by atoms with Gasteiger partial charge in [0.05, 0.1) is 38.5 Å². The highest BCUT2D eigenvalue weighted by molar-refractivity contribution is 6.08. The molecular weight excluding hydrogens is 450 g/mol. The van der Waals surface area contributed by atoms with Gasteiger partial charge < -0.3 is 41.1 Å².